The van der Waals surface area contributed by atoms with E-state index < -0.39 is 5.97 Å². The van der Waals surface area contributed by atoms with E-state index in [9.17, 15) is 4.79 Å². The van der Waals surface area contributed by atoms with Gasteiger partial charge in [-0.05, 0) is 35.6 Å². The number of nitrogen functional groups attached to an aromatic ring is 1. The van der Waals surface area contributed by atoms with Gasteiger partial charge in [0.25, 0.3) is 0 Å². The molecule has 2 aromatic heterocycles. The Labute approximate surface area is 114 Å². The lowest BCUT2D eigenvalue weighted by Gasteiger charge is -2.05. The van der Waals surface area contributed by atoms with Gasteiger partial charge in [0.2, 0.25) is 0 Å². The Hall–Kier alpha value is -2.15. The molecule has 0 aromatic carbocycles. The number of anilines is 2. The lowest BCUT2D eigenvalue weighted by Crippen LogP contribution is -2.10. The number of nitrogens with zero attached hydrogens (tertiary/aromatic N) is 2. The van der Waals surface area contributed by atoms with Crippen LogP contribution in [0.25, 0.3) is 0 Å². The Kier molecular flexibility index (Phi) is 4.30. The first kappa shape index (κ1) is 13.3. The molecule has 6 nitrogen and oxygen atoms in total. The fourth-order valence-electron chi connectivity index (χ4n) is 1.59. The minimum atomic E-state index is -0.474. The van der Waals surface area contributed by atoms with Crippen LogP contribution in [0.4, 0.5) is 10.8 Å². The second-order valence-electron chi connectivity index (χ2n) is 3.80. The molecule has 2 rings (SSSR count). The first-order valence-electron chi connectivity index (χ1n) is 5.68. The van der Waals surface area contributed by atoms with Gasteiger partial charge < -0.3 is 15.8 Å². The number of hydrogen-bond donors (Lipinski definition) is 2. The topological polar surface area (TPSA) is 90.1 Å². The van der Waals surface area contributed by atoms with E-state index in [1.54, 1.807) is 12.4 Å². The number of carbonyl (C=O) groups excluding carboxylic acids is 1. The normalized spacial score (nSPS) is 10.2. The number of hydrogen-bond acceptors (Lipinski definition) is 7. The first-order valence-corrected chi connectivity index (χ1v) is 6.46. The van der Waals surface area contributed by atoms with Gasteiger partial charge in [-0.2, -0.15) is 4.37 Å². The summed E-state index contributed by atoms with van der Waals surface area (Å²) < 4.78 is 8.64. The Morgan fingerprint density at radius 3 is 2.89 bits per heavy atom. The number of aromatic nitrogens is 2. The van der Waals surface area contributed by atoms with Gasteiger partial charge in [-0.3, -0.25) is 4.98 Å². The summed E-state index contributed by atoms with van der Waals surface area (Å²) in [7, 11) is 1.32. The predicted molar refractivity (Wildman–Crippen MR) is 74.3 cm³/mol. The molecule has 0 spiro atoms. The molecular formula is C12H14N4O2S. The molecule has 100 valence electrons. The molecule has 0 aliphatic heterocycles. The highest BCUT2D eigenvalue weighted by Gasteiger charge is 2.19. The van der Waals surface area contributed by atoms with Crippen molar-refractivity contribution in [2.24, 2.45) is 0 Å². The Morgan fingerprint density at radius 2 is 2.21 bits per heavy atom. The summed E-state index contributed by atoms with van der Waals surface area (Å²) in [6, 6.07) is 3.90. The van der Waals surface area contributed by atoms with Crippen LogP contribution in [0, 0.1) is 0 Å². The van der Waals surface area contributed by atoms with E-state index >= 15 is 0 Å². The van der Waals surface area contributed by atoms with Crippen molar-refractivity contribution in [3.8, 4) is 0 Å². The fourth-order valence-corrected chi connectivity index (χ4v) is 2.32. The van der Waals surface area contributed by atoms with Crippen molar-refractivity contribution in [3.05, 3.63) is 35.7 Å². The van der Waals surface area contributed by atoms with E-state index in [1.807, 2.05) is 12.1 Å². The largest absolute Gasteiger partial charge is 0.465 e. The van der Waals surface area contributed by atoms with Crippen LogP contribution in [0.1, 0.15) is 15.9 Å². The molecule has 0 atom stereocenters. The SMILES string of the molecule is COC(=O)c1c(N)nsc1NCCc1ccncc1. The average Bonchev–Trinajstić information content (AvgIpc) is 2.80. The molecular weight excluding hydrogens is 264 g/mol. The summed E-state index contributed by atoms with van der Waals surface area (Å²) in [4.78, 5) is 15.5. The van der Waals surface area contributed by atoms with Crippen LogP contribution >= 0.6 is 11.5 Å². The van der Waals surface area contributed by atoms with E-state index in [0.717, 1.165) is 18.0 Å². The van der Waals surface area contributed by atoms with Crippen molar-refractivity contribution in [2.75, 3.05) is 24.7 Å². The zero-order valence-electron chi connectivity index (χ0n) is 10.4. The molecule has 3 N–H and O–H groups in total. The number of rotatable bonds is 5. The van der Waals surface area contributed by atoms with Crippen LogP contribution in [-0.2, 0) is 11.2 Å². The van der Waals surface area contributed by atoms with E-state index in [4.69, 9.17) is 5.73 Å². The van der Waals surface area contributed by atoms with Crippen LogP contribution in [0.2, 0.25) is 0 Å². The standard InChI is InChI=1S/C12H14N4O2S/c1-18-12(17)9-10(13)16-19-11(9)15-7-4-8-2-5-14-6-3-8/h2-3,5-6,15H,4,7H2,1H3,(H2,13,16). The van der Waals surface area contributed by atoms with Gasteiger partial charge in [-0.1, -0.05) is 0 Å². The number of carbonyl (C=O) groups is 1. The van der Waals surface area contributed by atoms with Crippen molar-refractivity contribution < 1.29 is 9.53 Å². The molecule has 0 amide bonds. The molecule has 0 bridgehead atoms. The maximum absolute atomic E-state index is 11.6. The summed E-state index contributed by atoms with van der Waals surface area (Å²) in [6.07, 6.45) is 4.32. The van der Waals surface area contributed by atoms with Crippen molar-refractivity contribution >= 4 is 28.3 Å². The fraction of sp³-hybridized carbons (Fsp3) is 0.250. The second-order valence-corrected chi connectivity index (χ2v) is 4.57. The molecule has 0 radical (unpaired) electrons. The van der Waals surface area contributed by atoms with Crippen LogP contribution in [-0.4, -0.2) is 29.0 Å². The third-order valence-corrected chi connectivity index (χ3v) is 3.38. The number of nitrogens with one attached hydrogen (secondary N) is 1. The quantitative estimate of drug-likeness (QED) is 0.807. The summed E-state index contributed by atoms with van der Waals surface area (Å²) >= 11 is 1.16. The van der Waals surface area contributed by atoms with Crippen LogP contribution in [0.15, 0.2) is 24.5 Å². The van der Waals surface area contributed by atoms with Crippen molar-refractivity contribution in [1.29, 1.82) is 0 Å². The number of esters is 1. The van der Waals surface area contributed by atoms with Gasteiger partial charge >= 0.3 is 5.97 Å². The number of nitrogens with two attached hydrogens (primary N) is 1. The molecule has 19 heavy (non-hydrogen) atoms. The van der Waals surface area contributed by atoms with Crippen LogP contribution in [0.3, 0.4) is 0 Å². The maximum Gasteiger partial charge on any atom is 0.344 e. The monoisotopic (exact) mass is 278 g/mol. The number of methoxy groups -OCH3 is 1. The third kappa shape index (κ3) is 3.19. The molecule has 0 saturated heterocycles. The van der Waals surface area contributed by atoms with Crippen LogP contribution < -0.4 is 11.1 Å². The summed E-state index contributed by atoms with van der Waals surface area (Å²) in [5, 5.41) is 3.79. The molecule has 0 aliphatic rings. The highest BCUT2D eigenvalue weighted by molar-refractivity contribution is 7.11. The predicted octanol–water partition coefficient (Wildman–Crippen LogP) is 1.56. The van der Waals surface area contributed by atoms with Crippen molar-refractivity contribution in [3.63, 3.8) is 0 Å². The van der Waals surface area contributed by atoms with Gasteiger partial charge in [-0.15, -0.1) is 0 Å². The molecule has 2 aromatic rings. The van der Waals surface area contributed by atoms with Crippen molar-refractivity contribution in [2.45, 2.75) is 6.42 Å². The lowest BCUT2D eigenvalue weighted by atomic mass is 10.2. The van der Waals surface area contributed by atoms with Crippen molar-refractivity contribution in [1.82, 2.24) is 9.36 Å². The zero-order valence-corrected chi connectivity index (χ0v) is 11.2. The Morgan fingerprint density at radius 1 is 1.47 bits per heavy atom. The highest BCUT2D eigenvalue weighted by atomic mass is 32.1. The summed E-state index contributed by atoms with van der Waals surface area (Å²) in [6.45, 7) is 0.676. The minimum absolute atomic E-state index is 0.197. The second kappa shape index (κ2) is 6.14. The van der Waals surface area contributed by atoms with E-state index in [1.165, 1.54) is 12.7 Å². The Balaban J connectivity index is 1.98. The van der Waals surface area contributed by atoms with Gasteiger partial charge in [-0.25, -0.2) is 4.79 Å². The Bertz CT molecular complexity index is 556. The first-order chi connectivity index (χ1) is 9.22. The average molecular weight is 278 g/mol. The van der Waals surface area contributed by atoms with Gasteiger partial charge in [0.05, 0.1) is 7.11 Å². The minimum Gasteiger partial charge on any atom is -0.465 e. The molecule has 2 heterocycles. The van der Waals surface area contributed by atoms with Crippen LogP contribution in [0.5, 0.6) is 0 Å². The van der Waals surface area contributed by atoms with Gasteiger partial charge in [0.15, 0.2) is 5.82 Å². The smallest absolute Gasteiger partial charge is 0.344 e. The maximum atomic E-state index is 11.6. The van der Waals surface area contributed by atoms with E-state index in [-0.39, 0.29) is 5.82 Å². The third-order valence-electron chi connectivity index (χ3n) is 2.56. The highest BCUT2D eigenvalue weighted by Crippen LogP contribution is 2.27. The summed E-state index contributed by atoms with van der Waals surface area (Å²) in [5.41, 5.74) is 7.12. The lowest BCUT2D eigenvalue weighted by molar-refractivity contribution is 0.0603. The zero-order chi connectivity index (χ0) is 13.7. The molecule has 0 aliphatic carbocycles. The van der Waals surface area contributed by atoms with Gasteiger partial charge in [0.1, 0.15) is 10.6 Å². The van der Waals surface area contributed by atoms with E-state index in [0.29, 0.717) is 17.1 Å². The molecule has 0 saturated carbocycles. The van der Waals surface area contributed by atoms with Gasteiger partial charge in [0, 0.05) is 18.9 Å². The van der Waals surface area contributed by atoms with E-state index in [2.05, 4.69) is 19.4 Å². The number of ether oxygens (including phenoxy) is 1. The number of pyridine rings is 1. The molecule has 0 unspecified atom stereocenters. The molecule has 7 heteroatoms. The molecule has 0 fully saturated rings. The summed E-state index contributed by atoms with van der Waals surface area (Å²) in [5.74, 6) is -0.277.